The van der Waals surface area contributed by atoms with E-state index in [0.717, 1.165) is 53.1 Å². The monoisotopic (exact) mass is 562 g/mol. The molecule has 0 bridgehead atoms. The van der Waals surface area contributed by atoms with E-state index in [1.807, 2.05) is 78.9 Å². The normalized spacial score (nSPS) is 11.1. The van der Waals surface area contributed by atoms with Gasteiger partial charge in [-0.3, -0.25) is 0 Å². The van der Waals surface area contributed by atoms with Gasteiger partial charge in [-0.05, 0) is 39.4 Å². The van der Waals surface area contributed by atoms with Gasteiger partial charge in [0.15, 0.2) is 0 Å². The van der Waals surface area contributed by atoms with Crippen molar-refractivity contribution in [2.45, 2.75) is 0 Å². The minimum absolute atomic E-state index is 0.298. The topological polar surface area (TPSA) is 55.3 Å². The highest BCUT2D eigenvalue weighted by Crippen LogP contribution is 2.45. The van der Waals surface area contributed by atoms with Crippen molar-refractivity contribution in [1.29, 1.82) is 0 Å². The van der Waals surface area contributed by atoms with Gasteiger partial charge in [0.1, 0.15) is 13.1 Å². The van der Waals surface area contributed by atoms with Gasteiger partial charge >= 0.3 is 0 Å². The molecule has 6 heteroatoms. The highest BCUT2D eigenvalue weighted by Gasteiger charge is 2.17. The molecular formula is C36H43BN2O3. The molecule has 0 fully saturated rings. The first kappa shape index (κ1) is 32.6. The lowest BCUT2D eigenvalue weighted by atomic mass is 9.87. The van der Waals surface area contributed by atoms with Crippen molar-refractivity contribution in [1.82, 2.24) is 0 Å². The molecular weight excluding hydrogens is 519 g/mol. The summed E-state index contributed by atoms with van der Waals surface area (Å²) in [7, 11) is 14.6. The van der Waals surface area contributed by atoms with Crippen LogP contribution in [0.5, 0.6) is 5.75 Å². The van der Waals surface area contributed by atoms with Crippen LogP contribution in [-0.2, 0) is 0 Å². The zero-order valence-electron chi connectivity index (χ0n) is 26.2. The average molecular weight is 563 g/mol. The summed E-state index contributed by atoms with van der Waals surface area (Å²) >= 11 is 0. The van der Waals surface area contributed by atoms with E-state index in [1.54, 1.807) is 6.07 Å². The Labute approximate surface area is 252 Å². The van der Waals surface area contributed by atoms with E-state index < -0.39 is 7.32 Å². The van der Waals surface area contributed by atoms with Gasteiger partial charge in [-0.15, -0.1) is 0 Å². The summed E-state index contributed by atoms with van der Waals surface area (Å²) in [6.45, 7) is 0. The second-order valence-electron chi connectivity index (χ2n) is 12.9. The van der Waals surface area contributed by atoms with Crippen LogP contribution in [-0.4, -0.2) is 72.7 Å². The van der Waals surface area contributed by atoms with E-state index in [4.69, 9.17) is 4.65 Å². The van der Waals surface area contributed by atoms with E-state index >= 15 is 0 Å². The number of hydrogen-bond donors (Lipinski definition) is 0. The summed E-state index contributed by atoms with van der Waals surface area (Å²) in [6.07, 6.45) is 0. The number of fused-ring (bicyclic) bond motifs is 1. The van der Waals surface area contributed by atoms with Crippen LogP contribution >= 0.6 is 0 Å². The molecule has 0 spiro atoms. The molecule has 0 radical (unpaired) electrons. The van der Waals surface area contributed by atoms with Gasteiger partial charge in [-0.1, -0.05) is 109 Å². The van der Waals surface area contributed by atoms with Gasteiger partial charge in [0.25, 0.3) is 0 Å². The molecule has 0 heterocycles. The average Bonchev–Trinajstić information content (AvgIpc) is 2.92. The maximum Gasteiger partial charge on any atom is 0.133 e. The number of benzene rings is 5. The van der Waals surface area contributed by atoms with E-state index in [9.17, 15) is 10.0 Å². The van der Waals surface area contributed by atoms with Crippen LogP contribution in [0, 0.1) is 0 Å². The van der Waals surface area contributed by atoms with Crippen LogP contribution in [0.15, 0.2) is 115 Å². The molecule has 218 valence electrons. The third-order valence-electron chi connectivity index (χ3n) is 5.60. The molecule has 42 heavy (non-hydrogen) atoms. The Hall–Kier alpha value is -3.94. The lowest BCUT2D eigenvalue weighted by Crippen LogP contribution is -2.50. The molecule has 0 saturated heterocycles. The predicted molar refractivity (Wildman–Crippen MR) is 175 cm³/mol. The second-order valence-corrected chi connectivity index (χ2v) is 12.9. The first-order chi connectivity index (χ1) is 19.7. The van der Waals surface area contributed by atoms with Crippen LogP contribution in [0.4, 0.5) is 0 Å². The third kappa shape index (κ3) is 10.2. The summed E-state index contributed by atoms with van der Waals surface area (Å²) in [6, 6.07) is 37.9. The smallest absolute Gasteiger partial charge is 0.133 e. The zero-order chi connectivity index (χ0) is 30.9. The van der Waals surface area contributed by atoms with E-state index in [-0.39, 0.29) is 0 Å². The molecule has 5 aromatic carbocycles. The Morgan fingerprint density at radius 2 is 0.714 bits per heavy atom. The number of quaternary nitrogens is 2. The van der Waals surface area contributed by atoms with Gasteiger partial charge in [-0.2, -0.15) is 0 Å². The molecule has 0 aromatic heterocycles. The molecule has 0 aliphatic heterocycles. The third-order valence-corrected chi connectivity index (χ3v) is 5.60. The van der Waals surface area contributed by atoms with Crippen molar-refractivity contribution >= 4 is 18.1 Å². The molecule has 0 amide bonds. The Morgan fingerprint density at radius 1 is 0.429 bits per heavy atom. The maximum atomic E-state index is 11.5. The van der Waals surface area contributed by atoms with E-state index in [1.165, 1.54) is 0 Å². The molecule has 0 unspecified atom stereocenters. The Kier molecular flexibility index (Phi) is 11.1. The number of nitrogens with zero attached hydrogens (tertiary/aromatic N) is 2. The van der Waals surface area contributed by atoms with Gasteiger partial charge < -0.3 is 23.7 Å². The van der Waals surface area contributed by atoms with Crippen LogP contribution in [0.25, 0.3) is 44.2 Å². The van der Waals surface area contributed by atoms with Gasteiger partial charge in [0.2, 0.25) is 0 Å². The van der Waals surface area contributed by atoms with Crippen molar-refractivity contribution in [3.05, 3.63) is 115 Å². The Morgan fingerprint density at radius 3 is 1.02 bits per heavy atom. The lowest BCUT2D eigenvalue weighted by molar-refractivity contribution is -0.849. The van der Waals surface area contributed by atoms with Crippen molar-refractivity contribution in [2.75, 3.05) is 56.4 Å². The van der Waals surface area contributed by atoms with Crippen LogP contribution in [0.3, 0.4) is 0 Å². The number of rotatable bonds is 5. The summed E-state index contributed by atoms with van der Waals surface area (Å²) in [4.78, 5) is 0. The molecule has 0 aliphatic carbocycles. The van der Waals surface area contributed by atoms with Crippen molar-refractivity contribution < 1.29 is 23.7 Å². The number of hydrogen-bond acceptors (Lipinski definition) is 3. The van der Waals surface area contributed by atoms with Gasteiger partial charge in [0, 0.05) is 10.8 Å². The molecule has 5 aromatic rings. The van der Waals surface area contributed by atoms with Gasteiger partial charge in [0.05, 0.1) is 56.4 Å². The van der Waals surface area contributed by atoms with Crippen LogP contribution in [0.2, 0.25) is 0 Å². The Balaban J connectivity index is 0.000000420. The fourth-order valence-electron chi connectivity index (χ4n) is 4.24. The van der Waals surface area contributed by atoms with E-state index in [2.05, 4.69) is 86.7 Å². The quantitative estimate of drug-likeness (QED) is 0.208. The van der Waals surface area contributed by atoms with Crippen molar-refractivity contribution in [3.63, 3.8) is 0 Å². The van der Waals surface area contributed by atoms with Crippen molar-refractivity contribution in [2.24, 2.45) is 0 Å². The molecule has 5 nitrogen and oxygen atoms in total. The summed E-state index contributed by atoms with van der Waals surface area (Å²) in [5.41, 5.74) is 6.02. The van der Waals surface area contributed by atoms with Gasteiger partial charge in [-0.25, -0.2) is 0 Å². The largest absolute Gasteiger partial charge is 0.860 e. The van der Waals surface area contributed by atoms with Crippen molar-refractivity contribution in [3.8, 4) is 39.1 Å². The first-order valence-corrected chi connectivity index (χ1v) is 14.0. The minimum Gasteiger partial charge on any atom is -0.860 e. The SMILES string of the molecule is C[N+](C)(C)C.C[N+](C)(C)C.[O-]B([O-])Oc1ccc(-c2ccccc2)c2c(-c3ccccc3)ccc(-c3ccccc3)c12. The summed E-state index contributed by atoms with van der Waals surface area (Å²) in [5.74, 6) is 0.298. The highest BCUT2D eigenvalue weighted by molar-refractivity contribution is 6.30. The second kappa shape index (κ2) is 14.3. The maximum absolute atomic E-state index is 11.5. The first-order valence-electron chi connectivity index (χ1n) is 14.0. The van der Waals surface area contributed by atoms with Crippen LogP contribution < -0.4 is 14.7 Å². The fraction of sp³-hybridized carbons (Fsp3) is 0.222. The zero-order valence-corrected chi connectivity index (χ0v) is 26.2. The predicted octanol–water partition coefficient (Wildman–Crippen LogP) is 5.57. The standard InChI is InChI=1S/C28H19BO3.2C4H12N/c30-29(31)32-26-19-18-24(21-12-6-2-7-13-21)27-23(20-10-4-1-5-11-20)16-17-25(28(26)27)22-14-8-3-9-15-22;2*1-5(2,3)4/h1-19H;2*1-4H3/q-2;2*+1. The highest BCUT2D eigenvalue weighted by atomic mass is 16.6. The summed E-state index contributed by atoms with van der Waals surface area (Å²) in [5, 5.41) is 24.7. The molecule has 0 aliphatic rings. The molecule has 5 rings (SSSR count). The molecule has 0 N–H and O–H groups in total. The van der Waals surface area contributed by atoms with Crippen LogP contribution in [0.1, 0.15) is 0 Å². The summed E-state index contributed by atoms with van der Waals surface area (Å²) < 4.78 is 7.26. The Bertz CT molecular complexity index is 1470. The molecule has 0 saturated carbocycles. The van der Waals surface area contributed by atoms with E-state index in [0.29, 0.717) is 5.75 Å². The minimum atomic E-state index is -2.41. The fourth-order valence-corrected chi connectivity index (χ4v) is 4.24. The molecule has 0 atom stereocenters. The lowest BCUT2D eigenvalue weighted by Gasteiger charge is -2.29.